The molecule has 0 radical (unpaired) electrons. The minimum absolute atomic E-state index is 0.00563. The lowest BCUT2D eigenvalue weighted by atomic mass is 10.2. The van der Waals surface area contributed by atoms with Crippen molar-refractivity contribution in [3.05, 3.63) is 35.9 Å². The van der Waals surface area contributed by atoms with Gasteiger partial charge in [-0.15, -0.1) is 0 Å². The molecule has 1 rings (SSSR count). The Morgan fingerprint density at radius 1 is 1.12 bits per heavy atom. The van der Waals surface area contributed by atoms with Crippen molar-refractivity contribution in [1.29, 1.82) is 0 Å². The lowest BCUT2D eigenvalue weighted by molar-refractivity contribution is -0.142. The minimum Gasteiger partial charge on any atom is -0.480 e. The van der Waals surface area contributed by atoms with Crippen LogP contribution in [0.5, 0.6) is 0 Å². The molecule has 10 heteroatoms. The van der Waals surface area contributed by atoms with Gasteiger partial charge in [-0.25, -0.2) is 9.59 Å². The first-order valence-corrected chi connectivity index (χ1v) is 13.5. The minimum atomic E-state index is -2.02. The highest BCUT2D eigenvalue weighted by Gasteiger charge is 2.37. The average Bonchev–Trinajstić information content (AvgIpc) is 2.69. The predicted molar refractivity (Wildman–Crippen MR) is 123 cm³/mol. The van der Waals surface area contributed by atoms with Crippen LogP contribution in [-0.2, 0) is 25.4 Å². The first-order chi connectivity index (χ1) is 14.8. The monoisotopic (exact) mass is 468 g/mol. The highest BCUT2D eigenvalue weighted by molar-refractivity contribution is 6.74. The van der Waals surface area contributed by atoms with E-state index in [1.165, 1.54) is 0 Å². The molecule has 0 saturated heterocycles. The van der Waals surface area contributed by atoms with Crippen molar-refractivity contribution in [2.24, 2.45) is 0 Å². The van der Waals surface area contributed by atoms with Gasteiger partial charge in [-0.05, 0) is 23.7 Å². The van der Waals surface area contributed by atoms with Gasteiger partial charge in [0.15, 0.2) is 8.32 Å². The summed E-state index contributed by atoms with van der Waals surface area (Å²) in [7, 11) is -2.02. The second kappa shape index (κ2) is 12.6. The van der Waals surface area contributed by atoms with Crippen molar-refractivity contribution in [2.45, 2.75) is 70.5 Å². The number of aliphatic hydroxyl groups is 1. The summed E-state index contributed by atoms with van der Waals surface area (Å²) in [4.78, 5) is 35.3. The summed E-state index contributed by atoms with van der Waals surface area (Å²) in [5, 5.41) is 24.1. The first-order valence-electron chi connectivity index (χ1n) is 10.6. The van der Waals surface area contributed by atoms with Crippen LogP contribution in [0, 0.1) is 0 Å². The van der Waals surface area contributed by atoms with E-state index in [2.05, 4.69) is 44.5 Å². The van der Waals surface area contributed by atoms with E-state index in [1.54, 1.807) is 0 Å². The van der Waals surface area contributed by atoms with E-state index < -0.39 is 38.4 Å². The second-order valence-electron chi connectivity index (χ2n) is 9.16. The number of carbonyl (C=O) groups is 3. The summed E-state index contributed by atoms with van der Waals surface area (Å²) in [6, 6.07) is 7.99. The zero-order valence-corrected chi connectivity index (χ0v) is 20.5. The number of alkyl carbamates (subject to hydrolysis) is 1. The molecule has 0 bridgehead atoms. The number of amides is 2. The van der Waals surface area contributed by atoms with E-state index in [1.807, 2.05) is 30.3 Å². The summed E-state index contributed by atoms with van der Waals surface area (Å²) in [5.41, 5.74) is 0.819. The molecular formula is C22H36N2O7Si. The third kappa shape index (κ3) is 10.3. The number of aliphatic carboxylic acids is 1. The summed E-state index contributed by atoms with van der Waals surface area (Å²) >= 11 is 0. The van der Waals surface area contributed by atoms with Crippen LogP contribution in [0.2, 0.25) is 18.1 Å². The molecule has 0 aliphatic carbocycles. The van der Waals surface area contributed by atoms with E-state index in [0.29, 0.717) is 0 Å². The number of hydrogen-bond acceptors (Lipinski definition) is 6. The van der Waals surface area contributed by atoms with Crippen molar-refractivity contribution in [3.8, 4) is 0 Å². The number of carboxylic acid groups (broad SMARTS) is 1. The summed E-state index contributed by atoms with van der Waals surface area (Å²) in [6.45, 7) is 10.5. The van der Waals surface area contributed by atoms with Gasteiger partial charge in [-0.2, -0.15) is 0 Å². The lowest BCUT2D eigenvalue weighted by Gasteiger charge is -2.36. The summed E-state index contributed by atoms with van der Waals surface area (Å²) in [5.74, 6) is -1.80. The van der Waals surface area contributed by atoms with Gasteiger partial charge in [0.05, 0.1) is 12.5 Å². The van der Waals surface area contributed by atoms with Gasteiger partial charge in [0, 0.05) is 19.6 Å². The van der Waals surface area contributed by atoms with Gasteiger partial charge in [0.1, 0.15) is 12.6 Å². The van der Waals surface area contributed by atoms with E-state index in [9.17, 15) is 24.6 Å². The first kappa shape index (κ1) is 27.6. The summed E-state index contributed by atoms with van der Waals surface area (Å²) < 4.78 is 11.0. The molecule has 2 atom stereocenters. The number of carboxylic acids is 1. The molecule has 4 N–H and O–H groups in total. The van der Waals surface area contributed by atoms with Crippen LogP contribution in [0.1, 0.15) is 39.2 Å². The molecule has 0 aliphatic rings. The van der Waals surface area contributed by atoms with Gasteiger partial charge >= 0.3 is 12.1 Å². The van der Waals surface area contributed by atoms with Crippen molar-refractivity contribution in [2.75, 3.05) is 13.2 Å². The lowest BCUT2D eigenvalue weighted by Crippen LogP contribution is -2.45. The van der Waals surface area contributed by atoms with Crippen LogP contribution in [0.3, 0.4) is 0 Å². The summed E-state index contributed by atoms with van der Waals surface area (Å²) in [6.07, 6.45) is -2.14. The van der Waals surface area contributed by atoms with Crippen LogP contribution in [-0.4, -0.2) is 61.8 Å². The molecule has 0 fully saturated rings. The molecule has 0 aliphatic heterocycles. The SMILES string of the molecule is CC(C)(C)[Si](C)(C)OCC[C@H](NC(=O)C[C@@H](O)CNC(=O)OCc1ccccc1)C(=O)O. The molecule has 0 saturated carbocycles. The van der Waals surface area contributed by atoms with E-state index in [4.69, 9.17) is 9.16 Å². The molecule has 180 valence electrons. The highest BCUT2D eigenvalue weighted by Crippen LogP contribution is 2.36. The molecular weight excluding hydrogens is 432 g/mol. The van der Waals surface area contributed by atoms with Crippen molar-refractivity contribution in [1.82, 2.24) is 10.6 Å². The Balaban J connectivity index is 2.37. The van der Waals surface area contributed by atoms with E-state index in [0.717, 1.165) is 5.56 Å². The number of aliphatic hydroxyl groups excluding tert-OH is 1. The standard InChI is InChI=1S/C22H36N2O7Si/c1-22(2,3)32(4,5)31-12-11-18(20(27)28)24-19(26)13-17(25)14-23-21(29)30-15-16-9-7-6-8-10-16/h6-10,17-18,25H,11-15H2,1-5H3,(H,23,29)(H,24,26)(H,27,28)/t17-,18+/m1/s1. The Labute approximate surface area is 190 Å². The molecule has 1 aromatic carbocycles. The van der Waals surface area contributed by atoms with Gasteiger partial charge < -0.3 is 30.0 Å². The number of hydrogen-bond donors (Lipinski definition) is 4. The maximum absolute atomic E-state index is 12.1. The molecule has 0 aromatic heterocycles. The molecule has 0 unspecified atom stereocenters. The maximum Gasteiger partial charge on any atom is 0.407 e. The second-order valence-corrected chi connectivity index (χ2v) is 14.0. The maximum atomic E-state index is 12.1. The number of nitrogens with one attached hydrogen (secondary N) is 2. The van der Waals surface area contributed by atoms with Gasteiger partial charge in [0.25, 0.3) is 0 Å². The zero-order valence-electron chi connectivity index (χ0n) is 19.5. The number of ether oxygens (including phenoxy) is 1. The number of benzene rings is 1. The molecule has 0 heterocycles. The molecule has 0 spiro atoms. The van der Waals surface area contributed by atoms with E-state index >= 15 is 0 Å². The van der Waals surface area contributed by atoms with Crippen LogP contribution >= 0.6 is 0 Å². The van der Waals surface area contributed by atoms with Gasteiger partial charge in [-0.3, -0.25) is 4.79 Å². The van der Waals surface area contributed by atoms with Gasteiger partial charge in [-0.1, -0.05) is 51.1 Å². The Bertz CT molecular complexity index is 750. The van der Waals surface area contributed by atoms with Crippen LogP contribution in [0.4, 0.5) is 4.79 Å². The number of carbonyl (C=O) groups excluding carboxylic acids is 2. The third-order valence-electron chi connectivity index (χ3n) is 5.42. The fourth-order valence-corrected chi connectivity index (χ4v) is 3.48. The van der Waals surface area contributed by atoms with Crippen LogP contribution < -0.4 is 10.6 Å². The smallest absolute Gasteiger partial charge is 0.407 e. The van der Waals surface area contributed by atoms with Crippen LogP contribution in [0.25, 0.3) is 0 Å². The van der Waals surface area contributed by atoms with Crippen molar-refractivity contribution < 1.29 is 33.8 Å². The molecule has 1 aromatic rings. The van der Waals surface area contributed by atoms with Gasteiger partial charge in [0.2, 0.25) is 5.91 Å². The Hall–Kier alpha value is -2.43. The highest BCUT2D eigenvalue weighted by atomic mass is 28.4. The normalized spacial score (nSPS) is 13.7. The van der Waals surface area contributed by atoms with Crippen molar-refractivity contribution in [3.63, 3.8) is 0 Å². The number of rotatable bonds is 12. The molecule has 32 heavy (non-hydrogen) atoms. The Kier molecular flexibility index (Phi) is 10.8. The van der Waals surface area contributed by atoms with E-state index in [-0.39, 0.29) is 37.6 Å². The predicted octanol–water partition coefficient (Wildman–Crippen LogP) is 2.65. The average molecular weight is 469 g/mol. The Morgan fingerprint density at radius 2 is 1.75 bits per heavy atom. The molecule has 9 nitrogen and oxygen atoms in total. The van der Waals surface area contributed by atoms with Crippen molar-refractivity contribution >= 4 is 26.3 Å². The fourth-order valence-electron chi connectivity index (χ4n) is 2.42. The topological polar surface area (TPSA) is 134 Å². The quantitative estimate of drug-likeness (QED) is 0.346. The van der Waals surface area contributed by atoms with Crippen LogP contribution in [0.15, 0.2) is 30.3 Å². The largest absolute Gasteiger partial charge is 0.480 e. The third-order valence-corrected chi connectivity index (χ3v) is 9.96. The zero-order chi connectivity index (χ0) is 24.4. The Morgan fingerprint density at radius 3 is 2.31 bits per heavy atom. The fraction of sp³-hybridized carbons (Fsp3) is 0.591. The molecule has 2 amide bonds.